The molecular weight excluding hydrogens is 360 g/mol. The minimum atomic E-state index is 0.141. The van der Waals surface area contributed by atoms with Crippen molar-refractivity contribution >= 4 is 0 Å². The molecule has 0 bridgehead atoms. The summed E-state index contributed by atoms with van der Waals surface area (Å²) in [5.41, 5.74) is 7.76. The van der Waals surface area contributed by atoms with Gasteiger partial charge in [-0.2, -0.15) is 5.10 Å². The first-order valence-corrected chi connectivity index (χ1v) is 9.84. The molecule has 4 rings (SSSR count). The lowest BCUT2D eigenvalue weighted by molar-refractivity contribution is 0.241. The molecule has 0 aliphatic rings. The largest absolute Gasteiger partial charge is 0.364 e. The monoisotopic (exact) mass is 386 g/mol. The average Bonchev–Trinajstić information content (AvgIpc) is 3.38. The standard InChI is InChI=1S/C24H26N4O/c1-17-8-10-22(11-9-17)28-16-21(15-27(4)19(3)23-12-13-29-26-23)24(25-28)20-7-5-6-18(2)14-20/h5-14,16,19H,15H2,1-4H3. The maximum atomic E-state index is 5.02. The van der Waals surface area contributed by atoms with E-state index in [2.05, 4.69) is 92.6 Å². The van der Waals surface area contributed by atoms with E-state index in [0.717, 1.165) is 29.2 Å². The summed E-state index contributed by atoms with van der Waals surface area (Å²) in [6, 6.07) is 19.0. The summed E-state index contributed by atoms with van der Waals surface area (Å²) < 4.78 is 6.99. The van der Waals surface area contributed by atoms with Crippen LogP contribution in [0.5, 0.6) is 0 Å². The molecule has 0 amide bonds. The van der Waals surface area contributed by atoms with E-state index in [1.807, 2.05) is 10.7 Å². The van der Waals surface area contributed by atoms with Crippen LogP contribution in [0.3, 0.4) is 0 Å². The lowest BCUT2D eigenvalue weighted by Gasteiger charge is -2.22. The summed E-state index contributed by atoms with van der Waals surface area (Å²) in [6.07, 6.45) is 3.75. The van der Waals surface area contributed by atoms with Crippen LogP contribution in [-0.2, 0) is 6.54 Å². The van der Waals surface area contributed by atoms with E-state index in [1.54, 1.807) is 6.26 Å². The summed E-state index contributed by atoms with van der Waals surface area (Å²) in [6.45, 7) is 7.09. The van der Waals surface area contributed by atoms with E-state index < -0.39 is 0 Å². The van der Waals surface area contributed by atoms with Crippen molar-refractivity contribution in [2.24, 2.45) is 0 Å². The van der Waals surface area contributed by atoms with Crippen molar-refractivity contribution in [3.63, 3.8) is 0 Å². The Morgan fingerprint density at radius 1 is 1.03 bits per heavy atom. The Hall–Kier alpha value is -3.18. The fourth-order valence-corrected chi connectivity index (χ4v) is 3.46. The number of nitrogens with zero attached hydrogens (tertiary/aromatic N) is 4. The number of aryl methyl sites for hydroxylation is 2. The second-order valence-corrected chi connectivity index (χ2v) is 7.67. The number of benzene rings is 2. The molecule has 148 valence electrons. The molecule has 0 aliphatic carbocycles. The van der Waals surface area contributed by atoms with Crippen molar-refractivity contribution in [2.45, 2.75) is 33.4 Å². The van der Waals surface area contributed by atoms with E-state index in [9.17, 15) is 0 Å². The quantitative estimate of drug-likeness (QED) is 0.449. The molecule has 0 radical (unpaired) electrons. The molecule has 29 heavy (non-hydrogen) atoms. The van der Waals surface area contributed by atoms with Gasteiger partial charge in [-0.3, -0.25) is 4.90 Å². The Morgan fingerprint density at radius 3 is 2.52 bits per heavy atom. The molecule has 0 N–H and O–H groups in total. The predicted molar refractivity (Wildman–Crippen MR) is 115 cm³/mol. The molecule has 2 aromatic heterocycles. The van der Waals surface area contributed by atoms with E-state index in [1.165, 1.54) is 16.7 Å². The van der Waals surface area contributed by atoms with Crippen LogP contribution >= 0.6 is 0 Å². The summed E-state index contributed by atoms with van der Waals surface area (Å²) >= 11 is 0. The van der Waals surface area contributed by atoms with Crippen molar-refractivity contribution in [3.05, 3.63) is 89.4 Å². The van der Waals surface area contributed by atoms with E-state index >= 15 is 0 Å². The van der Waals surface area contributed by atoms with Crippen LogP contribution in [-0.4, -0.2) is 26.9 Å². The molecule has 0 saturated heterocycles. The van der Waals surface area contributed by atoms with Gasteiger partial charge in [-0.15, -0.1) is 0 Å². The Kier molecular flexibility index (Phi) is 5.32. The van der Waals surface area contributed by atoms with Gasteiger partial charge in [0.15, 0.2) is 0 Å². The number of aromatic nitrogens is 3. The second-order valence-electron chi connectivity index (χ2n) is 7.67. The fraction of sp³-hybridized carbons (Fsp3) is 0.250. The summed E-state index contributed by atoms with van der Waals surface area (Å²) in [5, 5.41) is 9.05. The van der Waals surface area contributed by atoms with E-state index in [4.69, 9.17) is 9.62 Å². The molecule has 5 nitrogen and oxygen atoms in total. The predicted octanol–water partition coefficient (Wildman–Crippen LogP) is 5.34. The summed E-state index contributed by atoms with van der Waals surface area (Å²) in [7, 11) is 2.10. The van der Waals surface area contributed by atoms with Crippen molar-refractivity contribution < 1.29 is 4.52 Å². The molecular formula is C24H26N4O. The van der Waals surface area contributed by atoms with Gasteiger partial charge in [0.25, 0.3) is 0 Å². The van der Waals surface area contributed by atoms with Crippen LogP contribution in [0, 0.1) is 13.8 Å². The van der Waals surface area contributed by atoms with Crippen LogP contribution in [0.15, 0.2) is 71.6 Å². The molecule has 1 atom stereocenters. The first-order valence-electron chi connectivity index (χ1n) is 9.84. The highest BCUT2D eigenvalue weighted by Crippen LogP contribution is 2.28. The molecule has 1 unspecified atom stereocenters. The topological polar surface area (TPSA) is 47.1 Å². The highest BCUT2D eigenvalue weighted by molar-refractivity contribution is 5.64. The van der Waals surface area contributed by atoms with Crippen LogP contribution in [0.25, 0.3) is 16.9 Å². The normalized spacial score (nSPS) is 12.4. The molecule has 0 spiro atoms. The van der Waals surface area contributed by atoms with Gasteiger partial charge in [-0.25, -0.2) is 4.68 Å². The average molecular weight is 386 g/mol. The van der Waals surface area contributed by atoms with Crippen LogP contribution < -0.4 is 0 Å². The number of hydrogen-bond acceptors (Lipinski definition) is 4. The minimum Gasteiger partial charge on any atom is -0.364 e. The Balaban J connectivity index is 1.71. The van der Waals surface area contributed by atoms with Crippen LogP contribution in [0.2, 0.25) is 0 Å². The van der Waals surface area contributed by atoms with Gasteiger partial charge in [0.05, 0.1) is 17.4 Å². The Bertz CT molecular complexity index is 1080. The molecule has 4 aromatic rings. The second kappa shape index (κ2) is 8.05. The third-order valence-corrected chi connectivity index (χ3v) is 5.35. The van der Waals surface area contributed by atoms with Crippen molar-refractivity contribution in [1.29, 1.82) is 0 Å². The van der Waals surface area contributed by atoms with Gasteiger partial charge in [-0.05, 0) is 46.0 Å². The van der Waals surface area contributed by atoms with Crippen molar-refractivity contribution in [3.8, 4) is 16.9 Å². The highest BCUT2D eigenvalue weighted by atomic mass is 16.5. The fourth-order valence-electron chi connectivity index (χ4n) is 3.46. The van der Waals surface area contributed by atoms with Gasteiger partial charge in [-0.1, -0.05) is 46.6 Å². The van der Waals surface area contributed by atoms with Gasteiger partial charge in [0.2, 0.25) is 0 Å². The van der Waals surface area contributed by atoms with Crippen LogP contribution in [0.1, 0.15) is 35.3 Å². The molecule has 0 fully saturated rings. The smallest absolute Gasteiger partial charge is 0.124 e. The lowest BCUT2D eigenvalue weighted by atomic mass is 10.0. The first-order chi connectivity index (χ1) is 14.0. The lowest BCUT2D eigenvalue weighted by Crippen LogP contribution is -2.22. The minimum absolute atomic E-state index is 0.141. The SMILES string of the molecule is Cc1ccc(-n2cc(CN(C)C(C)c3ccon3)c(-c3cccc(C)c3)n2)cc1. The summed E-state index contributed by atoms with van der Waals surface area (Å²) in [5.74, 6) is 0. The third-order valence-electron chi connectivity index (χ3n) is 5.35. The molecule has 2 aromatic carbocycles. The van der Waals surface area contributed by atoms with E-state index in [-0.39, 0.29) is 6.04 Å². The third kappa shape index (κ3) is 4.15. The van der Waals surface area contributed by atoms with Gasteiger partial charge >= 0.3 is 0 Å². The van der Waals surface area contributed by atoms with Crippen LogP contribution in [0.4, 0.5) is 0 Å². The number of hydrogen-bond donors (Lipinski definition) is 0. The molecule has 0 aliphatic heterocycles. The van der Waals surface area contributed by atoms with Gasteiger partial charge in [0, 0.05) is 29.9 Å². The molecule has 0 saturated carbocycles. The summed E-state index contributed by atoms with van der Waals surface area (Å²) in [4.78, 5) is 2.26. The van der Waals surface area contributed by atoms with Crippen molar-refractivity contribution in [2.75, 3.05) is 7.05 Å². The maximum Gasteiger partial charge on any atom is 0.124 e. The van der Waals surface area contributed by atoms with E-state index in [0.29, 0.717) is 0 Å². The highest BCUT2D eigenvalue weighted by Gasteiger charge is 2.19. The zero-order chi connectivity index (χ0) is 20.4. The molecule has 5 heteroatoms. The van der Waals surface area contributed by atoms with Gasteiger partial charge < -0.3 is 4.52 Å². The first kappa shape index (κ1) is 19.2. The zero-order valence-electron chi connectivity index (χ0n) is 17.3. The molecule has 2 heterocycles. The Morgan fingerprint density at radius 2 is 1.83 bits per heavy atom. The maximum absolute atomic E-state index is 5.02. The Labute approximate surface area is 171 Å². The van der Waals surface area contributed by atoms with Crippen molar-refractivity contribution in [1.82, 2.24) is 19.8 Å². The zero-order valence-corrected chi connectivity index (χ0v) is 17.3. The number of rotatable bonds is 6. The van der Waals surface area contributed by atoms with Gasteiger partial charge in [0.1, 0.15) is 12.0 Å².